The van der Waals surface area contributed by atoms with Crippen LogP contribution in [-0.2, 0) is 11.3 Å². The van der Waals surface area contributed by atoms with E-state index in [-0.39, 0.29) is 18.4 Å². The Labute approximate surface area is 158 Å². The molecule has 1 aliphatic heterocycles. The minimum absolute atomic E-state index is 0.0830. The van der Waals surface area contributed by atoms with E-state index in [1.54, 1.807) is 0 Å². The molecule has 0 saturated carbocycles. The van der Waals surface area contributed by atoms with Crippen LogP contribution in [0.5, 0.6) is 11.5 Å². The van der Waals surface area contributed by atoms with E-state index in [1.807, 2.05) is 47.9 Å². The van der Waals surface area contributed by atoms with Crippen LogP contribution in [0.15, 0.2) is 36.4 Å². The second-order valence-corrected chi connectivity index (χ2v) is 7.06. The van der Waals surface area contributed by atoms with Crippen LogP contribution in [0.2, 0.25) is 0 Å². The highest BCUT2D eigenvalue weighted by molar-refractivity contribution is 5.92. The molecule has 6 nitrogen and oxygen atoms in total. The van der Waals surface area contributed by atoms with Gasteiger partial charge in [-0.3, -0.25) is 4.79 Å². The molecule has 1 aliphatic rings. The first kappa shape index (κ1) is 17.4. The number of nitrogens with one attached hydrogen (secondary N) is 1. The smallest absolute Gasteiger partial charge is 0.244 e. The predicted octanol–water partition coefficient (Wildman–Crippen LogP) is 3.88. The number of nitrogens with zero attached hydrogens (tertiary/aromatic N) is 2. The van der Waals surface area contributed by atoms with Gasteiger partial charge in [-0.15, -0.1) is 0 Å². The van der Waals surface area contributed by atoms with E-state index in [0.29, 0.717) is 24.7 Å². The van der Waals surface area contributed by atoms with E-state index in [2.05, 4.69) is 19.2 Å². The number of aryl methyl sites for hydroxylation is 1. The lowest BCUT2D eigenvalue weighted by molar-refractivity contribution is -0.116. The van der Waals surface area contributed by atoms with Gasteiger partial charge in [-0.1, -0.05) is 32.0 Å². The highest BCUT2D eigenvalue weighted by Crippen LogP contribution is 2.35. The second kappa shape index (κ2) is 6.95. The Morgan fingerprint density at radius 1 is 1.19 bits per heavy atom. The van der Waals surface area contributed by atoms with E-state index < -0.39 is 0 Å². The van der Waals surface area contributed by atoms with Crippen molar-refractivity contribution in [1.82, 2.24) is 9.55 Å². The number of ether oxygens (including phenoxy) is 2. The molecule has 2 aromatic carbocycles. The van der Waals surface area contributed by atoms with Crippen LogP contribution in [0, 0.1) is 6.92 Å². The van der Waals surface area contributed by atoms with Crippen LogP contribution in [0.3, 0.4) is 0 Å². The zero-order valence-electron chi connectivity index (χ0n) is 15.8. The van der Waals surface area contributed by atoms with Gasteiger partial charge in [0.05, 0.1) is 11.0 Å². The average molecular weight is 365 g/mol. The number of carbonyl (C=O) groups is 1. The molecule has 2 heterocycles. The lowest BCUT2D eigenvalue weighted by atomic mass is 10.2. The Balaban J connectivity index is 1.70. The van der Waals surface area contributed by atoms with Crippen molar-refractivity contribution in [2.45, 2.75) is 33.2 Å². The van der Waals surface area contributed by atoms with Crippen molar-refractivity contribution in [1.29, 1.82) is 0 Å². The maximum Gasteiger partial charge on any atom is 0.244 e. The molecule has 0 fully saturated rings. The topological polar surface area (TPSA) is 65.4 Å². The summed E-state index contributed by atoms with van der Waals surface area (Å²) in [5.41, 5.74) is 3.55. The summed E-state index contributed by atoms with van der Waals surface area (Å²) in [6.07, 6.45) is 0. The number of imidazole rings is 1. The third-order valence-electron chi connectivity index (χ3n) is 4.68. The number of para-hydroxylation sites is 1. The van der Waals surface area contributed by atoms with Crippen LogP contribution in [0.4, 0.5) is 5.69 Å². The Morgan fingerprint density at radius 2 is 1.89 bits per heavy atom. The zero-order valence-corrected chi connectivity index (χ0v) is 15.8. The number of benzene rings is 2. The van der Waals surface area contributed by atoms with Crippen molar-refractivity contribution in [3.63, 3.8) is 0 Å². The van der Waals surface area contributed by atoms with E-state index in [1.165, 1.54) is 0 Å². The van der Waals surface area contributed by atoms with Crippen LogP contribution in [-0.4, -0.2) is 28.7 Å². The fourth-order valence-electron chi connectivity index (χ4n) is 3.33. The van der Waals surface area contributed by atoms with Gasteiger partial charge in [0, 0.05) is 23.7 Å². The van der Waals surface area contributed by atoms with E-state index >= 15 is 0 Å². The normalized spacial score (nSPS) is 13.2. The van der Waals surface area contributed by atoms with Gasteiger partial charge in [0.2, 0.25) is 5.91 Å². The third-order valence-corrected chi connectivity index (χ3v) is 4.68. The molecule has 1 aromatic heterocycles. The van der Waals surface area contributed by atoms with E-state index in [4.69, 9.17) is 14.5 Å². The summed E-state index contributed by atoms with van der Waals surface area (Å²) in [6.45, 7) is 7.38. The Hall–Kier alpha value is -3.02. The summed E-state index contributed by atoms with van der Waals surface area (Å²) in [5.74, 6) is 2.37. The summed E-state index contributed by atoms with van der Waals surface area (Å²) in [7, 11) is 0. The van der Waals surface area contributed by atoms with Crippen molar-refractivity contribution < 1.29 is 14.3 Å². The first-order valence-corrected chi connectivity index (χ1v) is 9.18. The molecule has 0 atom stereocenters. The Kier molecular flexibility index (Phi) is 4.48. The molecule has 27 heavy (non-hydrogen) atoms. The molecule has 6 heteroatoms. The molecule has 0 spiro atoms. The molecule has 0 radical (unpaired) electrons. The fourth-order valence-corrected chi connectivity index (χ4v) is 3.33. The lowest BCUT2D eigenvalue weighted by Gasteiger charge is -2.18. The number of aromatic nitrogens is 2. The maximum atomic E-state index is 12.7. The maximum absolute atomic E-state index is 12.7. The molecular weight excluding hydrogens is 342 g/mol. The van der Waals surface area contributed by atoms with Crippen LogP contribution < -0.4 is 14.8 Å². The number of carbonyl (C=O) groups excluding carboxylic acids is 1. The number of amides is 1. The van der Waals surface area contributed by atoms with Crippen LogP contribution >= 0.6 is 0 Å². The molecule has 1 N–H and O–H groups in total. The number of fused-ring (bicyclic) bond motifs is 2. The van der Waals surface area contributed by atoms with Gasteiger partial charge in [-0.25, -0.2) is 4.98 Å². The SMILES string of the molecule is Cc1ccccc1NC(=O)Cn1c(C(C)C)nc2cc3c(cc21)OCCO3. The summed E-state index contributed by atoms with van der Waals surface area (Å²) in [5, 5.41) is 3.00. The summed E-state index contributed by atoms with van der Waals surface area (Å²) in [6, 6.07) is 11.6. The van der Waals surface area contributed by atoms with Crippen molar-refractivity contribution in [2.75, 3.05) is 18.5 Å². The molecule has 4 rings (SSSR count). The molecule has 140 valence electrons. The van der Waals surface area contributed by atoms with Gasteiger partial charge >= 0.3 is 0 Å². The van der Waals surface area contributed by atoms with E-state index in [0.717, 1.165) is 28.1 Å². The first-order valence-electron chi connectivity index (χ1n) is 9.18. The standard InChI is InChI=1S/C21H23N3O3/c1-13(2)21-23-16-10-18-19(27-9-8-26-18)11-17(16)24(21)12-20(25)22-15-7-5-4-6-14(15)3/h4-7,10-11,13H,8-9,12H2,1-3H3,(H,22,25). The Bertz CT molecular complexity index is 1010. The van der Waals surface area contributed by atoms with Gasteiger partial charge in [0.1, 0.15) is 25.6 Å². The molecule has 3 aromatic rings. The summed E-state index contributed by atoms with van der Waals surface area (Å²) in [4.78, 5) is 17.5. The molecule has 0 bridgehead atoms. The number of hydrogen-bond donors (Lipinski definition) is 1. The van der Waals surface area contributed by atoms with Crippen molar-refractivity contribution in [3.05, 3.63) is 47.8 Å². The molecule has 0 saturated heterocycles. The Morgan fingerprint density at radius 3 is 2.59 bits per heavy atom. The van der Waals surface area contributed by atoms with Crippen LogP contribution in [0.25, 0.3) is 11.0 Å². The fraction of sp³-hybridized carbons (Fsp3) is 0.333. The van der Waals surface area contributed by atoms with Gasteiger partial charge in [-0.05, 0) is 18.6 Å². The van der Waals surface area contributed by atoms with Gasteiger partial charge in [0.15, 0.2) is 11.5 Å². The van der Waals surface area contributed by atoms with Gasteiger partial charge < -0.3 is 19.4 Å². The first-order chi connectivity index (χ1) is 13.0. The number of anilines is 1. The van der Waals surface area contributed by atoms with Crippen molar-refractivity contribution in [2.24, 2.45) is 0 Å². The lowest BCUT2D eigenvalue weighted by Crippen LogP contribution is -2.21. The minimum Gasteiger partial charge on any atom is -0.486 e. The summed E-state index contributed by atoms with van der Waals surface area (Å²) < 4.78 is 13.3. The van der Waals surface area contributed by atoms with Crippen LogP contribution in [0.1, 0.15) is 31.2 Å². The predicted molar refractivity (Wildman–Crippen MR) is 105 cm³/mol. The second-order valence-electron chi connectivity index (χ2n) is 7.06. The highest BCUT2D eigenvalue weighted by Gasteiger charge is 2.21. The van der Waals surface area contributed by atoms with E-state index in [9.17, 15) is 4.79 Å². The minimum atomic E-state index is -0.0830. The zero-order chi connectivity index (χ0) is 19.0. The number of hydrogen-bond acceptors (Lipinski definition) is 4. The average Bonchev–Trinajstić information content (AvgIpc) is 2.99. The quantitative estimate of drug-likeness (QED) is 0.762. The molecule has 1 amide bonds. The van der Waals surface area contributed by atoms with Crippen molar-refractivity contribution >= 4 is 22.6 Å². The largest absolute Gasteiger partial charge is 0.486 e. The van der Waals surface area contributed by atoms with Crippen molar-refractivity contribution in [3.8, 4) is 11.5 Å². The molecular formula is C21H23N3O3. The monoisotopic (exact) mass is 365 g/mol. The molecule has 0 unspecified atom stereocenters. The summed E-state index contributed by atoms with van der Waals surface area (Å²) >= 11 is 0. The highest BCUT2D eigenvalue weighted by atomic mass is 16.6. The van der Waals surface area contributed by atoms with Gasteiger partial charge in [-0.2, -0.15) is 0 Å². The number of rotatable bonds is 4. The third kappa shape index (κ3) is 3.35. The molecule has 0 aliphatic carbocycles. The van der Waals surface area contributed by atoms with Gasteiger partial charge in [0.25, 0.3) is 0 Å².